The molecule has 0 aliphatic carbocycles. The van der Waals surface area contributed by atoms with Crippen molar-refractivity contribution in [1.82, 2.24) is 0 Å². The van der Waals surface area contributed by atoms with Gasteiger partial charge in [-0.1, -0.05) is 41.4 Å². The van der Waals surface area contributed by atoms with Crippen LogP contribution in [-0.2, 0) is 0 Å². The van der Waals surface area contributed by atoms with Gasteiger partial charge in [0.1, 0.15) is 0 Å². The van der Waals surface area contributed by atoms with E-state index in [9.17, 15) is 4.79 Å². The molecule has 1 aromatic carbocycles. The molecule has 0 N–H and O–H groups in total. The Bertz CT molecular complexity index is 637. The summed E-state index contributed by atoms with van der Waals surface area (Å²) in [6.45, 7) is 0. The minimum atomic E-state index is 0.0801. The van der Waals surface area contributed by atoms with Crippen molar-refractivity contribution in [3.8, 4) is 11.8 Å². The van der Waals surface area contributed by atoms with E-state index in [1.165, 1.54) is 11.3 Å². The van der Waals surface area contributed by atoms with Crippen LogP contribution in [0.2, 0.25) is 0 Å². The van der Waals surface area contributed by atoms with Gasteiger partial charge in [0.25, 0.3) is 0 Å². The third-order valence-electron chi connectivity index (χ3n) is 2.10. The summed E-state index contributed by atoms with van der Waals surface area (Å²) < 4.78 is 1.10. The Morgan fingerprint density at radius 3 is 2.94 bits per heavy atom. The summed E-state index contributed by atoms with van der Waals surface area (Å²) >= 11 is 8.32. The van der Waals surface area contributed by atoms with Crippen molar-refractivity contribution in [2.45, 2.75) is 4.90 Å². The molecule has 2 rings (SSSR count). The summed E-state index contributed by atoms with van der Waals surface area (Å²) in [5.74, 6) is 6.76. The molecule has 0 spiro atoms. The van der Waals surface area contributed by atoms with Crippen LogP contribution in [0.3, 0.4) is 0 Å². The average molecular weight is 281 g/mol. The molecular weight excluding hydrogens is 272 g/mol. The maximum Gasteiger partial charge on any atom is 0.234 e. The number of thioether (sulfide) groups is 1. The van der Waals surface area contributed by atoms with E-state index in [1.807, 2.05) is 24.3 Å². The van der Waals surface area contributed by atoms with Crippen LogP contribution in [0, 0.1) is 11.8 Å². The fraction of sp³-hybridized carbons (Fsp3) is 0.154. The van der Waals surface area contributed by atoms with Crippen LogP contribution in [0.25, 0.3) is 10.1 Å². The molecule has 1 nitrogen and oxygen atoms in total. The Balaban J connectivity index is 2.35. The molecule has 4 heteroatoms. The maximum absolute atomic E-state index is 11.5. The van der Waals surface area contributed by atoms with E-state index in [0.29, 0.717) is 11.6 Å². The fourth-order valence-corrected chi connectivity index (χ4v) is 3.33. The summed E-state index contributed by atoms with van der Waals surface area (Å²) in [6, 6.07) is 9.60. The predicted octanol–water partition coefficient (Wildman–Crippen LogP) is 3.60. The van der Waals surface area contributed by atoms with E-state index in [-0.39, 0.29) is 4.74 Å². The van der Waals surface area contributed by atoms with E-state index in [1.54, 1.807) is 17.8 Å². The Kier molecular flexibility index (Phi) is 4.49. The Labute approximate surface area is 113 Å². The second-order valence-corrected chi connectivity index (χ2v) is 5.53. The molecule has 0 saturated heterocycles. The number of hydrogen-bond donors (Lipinski definition) is 0. The molecule has 0 bridgehead atoms. The summed E-state index contributed by atoms with van der Waals surface area (Å²) in [7, 11) is 0. The first-order valence-electron chi connectivity index (χ1n) is 4.98. The number of rotatable bonds is 2. The van der Waals surface area contributed by atoms with Crippen LogP contribution in [0.4, 0.5) is 0 Å². The van der Waals surface area contributed by atoms with Crippen molar-refractivity contribution in [2.24, 2.45) is 0 Å². The van der Waals surface area contributed by atoms with E-state index >= 15 is 0 Å². The molecule has 0 aliphatic rings. The first kappa shape index (κ1) is 12.5. The smallest absolute Gasteiger partial charge is 0.234 e. The van der Waals surface area contributed by atoms with Crippen LogP contribution in [0.1, 0.15) is 0 Å². The lowest BCUT2D eigenvalue weighted by Gasteiger charge is -2.02. The van der Waals surface area contributed by atoms with Crippen molar-refractivity contribution < 1.29 is 0 Å². The van der Waals surface area contributed by atoms with Crippen molar-refractivity contribution in [3.63, 3.8) is 0 Å². The van der Waals surface area contributed by atoms with Crippen molar-refractivity contribution in [2.75, 3.05) is 11.6 Å². The minimum absolute atomic E-state index is 0.0801. The van der Waals surface area contributed by atoms with Gasteiger partial charge in [0, 0.05) is 21.0 Å². The molecule has 0 radical (unpaired) electrons. The van der Waals surface area contributed by atoms with Crippen LogP contribution in [-0.4, -0.2) is 11.6 Å². The van der Waals surface area contributed by atoms with Crippen LogP contribution >= 0.6 is 34.7 Å². The van der Waals surface area contributed by atoms with Crippen molar-refractivity contribution in [1.29, 1.82) is 0 Å². The maximum atomic E-state index is 11.5. The molecule has 0 saturated carbocycles. The number of fused-ring (bicyclic) bond motifs is 1. The van der Waals surface area contributed by atoms with Gasteiger partial charge in [-0.15, -0.1) is 23.4 Å². The monoisotopic (exact) mass is 280 g/mol. The highest BCUT2D eigenvalue weighted by Crippen LogP contribution is 2.27. The van der Waals surface area contributed by atoms with Gasteiger partial charge in [0.05, 0.1) is 11.6 Å². The lowest BCUT2D eigenvalue weighted by atomic mass is 10.2. The topological polar surface area (TPSA) is 17.1 Å². The largest absolute Gasteiger partial charge is 0.278 e. The van der Waals surface area contributed by atoms with Gasteiger partial charge in [0.15, 0.2) is 0 Å². The summed E-state index contributed by atoms with van der Waals surface area (Å²) in [6.07, 6.45) is 0. The van der Waals surface area contributed by atoms with E-state index < -0.39 is 0 Å². The van der Waals surface area contributed by atoms with Gasteiger partial charge in [0.2, 0.25) is 4.74 Å². The molecule has 1 aromatic heterocycles. The van der Waals surface area contributed by atoms with Crippen molar-refractivity contribution in [3.05, 3.63) is 39.9 Å². The SMILES string of the molecule is O=c1cc(SCC#CCCl)c2ccccc2s1. The van der Waals surface area contributed by atoms with Gasteiger partial charge >= 0.3 is 0 Å². The second kappa shape index (κ2) is 6.11. The highest BCUT2D eigenvalue weighted by molar-refractivity contribution is 7.99. The molecule has 1 heterocycles. The number of hydrogen-bond acceptors (Lipinski definition) is 3. The number of benzene rings is 1. The van der Waals surface area contributed by atoms with Crippen LogP contribution in [0.15, 0.2) is 40.0 Å². The first-order valence-corrected chi connectivity index (χ1v) is 7.32. The number of halogens is 1. The standard InChI is InChI=1S/C13H9ClOS2/c14-7-3-4-8-16-12-9-13(15)17-11-6-2-1-5-10(11)12/h1-2,5-6,9H,7-8H2. The van der Waals surface area contributed by atoms with Gasteiger partial charge in [-0.3, -0.25) is 4.79 Å². The zero-order valence-corrected chi connectivity index (χ0v) is 11.3. The molecule has 0 aliphatic heterocycles. The molecule has 0 fully saturated rings. The molecule has 17 heavy (non-hydrogen) atoms. The average Bonchev–Trinajstić information content (AvgIpc) is 2.34. The molecule has 0 atom stereocenters. The Hall–Kier alpha value is -0.950. The molecule has 0 unspecified atom stereocenters. The summed E-state index contributed by atoms with van der Waals surface area (Å²) in [5, 5.41) is 1.12. The predicted molar refractivity (Wildman–Crippen MR) is 77.3 cm³/mol. The molecule has 2 aromatic rings. The normalized spacial score (nSPS) is 9.94. The Morgan fingerprint density at radius 1 is 1.29 bits per heavy atom. The highest BCUT2D eigenvalue weighted by Gasteiger charge is 2.02. The van der Waals surface area contributed by atoms with Gasteiger partial charge < -0.3 is 0 Å². The fourth-order valence-electron chi connectivity index (χ4n) is 1.41. The van der Waals surface area contributed by atoms with E-state index in [2.05, 4.69) is 11.8 Å². The zero-order valence-electron chi connectivity index (χ0n) is 8.90. The van der Waals surface area contributed by atoms with Crippen LogP contribution in [0.5, 0.6) is 0 Å². The molecule has 0 amide bonds. The second-order valence-electron chi connectivity index (χ2n) is 3.20. The van der Waals surface area contributed by atoms with Gasteiger partial charge in [-0.2, -0.15) is 0 Å². The summed E-state index contributed by atoms with van der Waals surface area (Å²) in [5.41, 5.74) is 0. The molecule has 86 valence electrons. The quantitative estimate of drug-likeness (QED) is 0.475. The Morgan fingerprint density at radius 2 is 2.12 bits per heavy atom. The third kappa shape index (κ3) is 3.26. The molecular formula is C13H9ClOS2. The summed E-state index contributed by atoms with van der Waals surface area (Å²) in [4.78, 5) is 12.5. The van der Waals surface area contributed by atoms with Gasteiger partial charge in [-0.05, 0) is 6.07 Å². The lowest BCUT2D eigenvalue weighted by Crippen LogP contribution is -1.92. The first-order chi connectivity index (χ1) is 8.31. The highest BCUT2D eigenvalue weighted by atomic mass is 35.5. The minimum Gasteiger partial charge on any atom is -0.278 e. The lowest BCUT2D eigenvalue weighted by molar-refractivity contribution is 1.54. The van der Waals surface area contributed by atoms with E-state index in [4.69, 9.17) is 11.6 Å². The third-order valence-corrected chi connectivity index (χ3v) is 4.07. The zero-order chi connectivity index (χ0) is 12.1. The van der Waals surface area contributed by atoms with Gasteiger partial charge in [-0.25, -0.2) is 0 Å². The van der Waals surface area contributed by atoms with Crippen LogP contribution < -0.4 is 4.74 Å². The number of alkyl halides is 1. The van der Waals surface area contributed by atoms with E-state index in [0.717, 1.165) is 15.0 Å². The van der Waals surface area contributed by atoms with Crippen molar-refractivity contribution >= 4 is 44.8 Å².